The van der Waals surface area contributed by atoms with Crippen molar-refractivity contribution in [3.8, 4) is 28.8 Å². The van der Waals surface area contributed by atoms with Gasteiger partial charge in [-0.3, -0.25) is 0 Å². The Morgan fingerprint density at radius 1 is 0.800 bits per heavy atom. The van der Waals surface area contributed by atoms with E-state index in [0.29, 0.717) is 23.2 Å². The Morgan fingerprint density at radius 3 is 1.90 bits per heavy atom. The van der Waals surface area contributed by atoms with E-state index in [4.69, 9.17) is 14.0 Å². The Labute approximate surface area is 175 Å². The fourth-order valence-corrected chi connectivity index (χ4v) is 3.23. The molecule has 0 saturated heterocycles. The molecule has 2 aromatic heterocycles. The normalized spacial score (nSPS) is 11.3. The number of nitrogens with zero attached hydrogens (tertiary/aromatic N) is 3. The van der Waals surface area contributed by atoms with Gasteiger partial charge >= 0.3 is 0 Å². The maximum absolute atomic E-state index is 5.93. The summed E-state index contributed by atoms with van der Waals surface area (Å²) in [5, 5.41) is 3.87. The fourth-order valence-electron chi connectivity index (χ4n) is 3.23. The predicted molar refractivity (Wildman–Crippen MR) is 114 cm³/mol. The second-order valence-corrected chi connectivity index (χ2v) is 7.50. The van der Waals surface area contributed by atoms with E-state index in [1.165, 1.54) is 11.1 Å². The van der Waals surface area contributed by atoms with Crippen molar-refractivity contribution >= 4 is 0 Å². The van der Waals surface area contributed by atoms with Gasteiger partial charge in [-0.1, -0.05) is 43.3 Å². The molecule has 0 saturated carbocycles. The highest BCUT2D eigenvalue weighted by atomic mass is 16.5. The van der Waals surface area contributed by atoms with Crippen LogP contribution in [0.3, 0.4) is 0 Å². The minimum absolute atomic E-state index is 0.142. The molecular weight excluding hydrogens is 378 g/mol. The van der Waals surface area contributed by atoms with Crippen LogP contribution in [0.1, 0.15) is 30.9 Å². The molecule has 6 nitrogen and oxygen atoms in total. The molecule has 0 aliphatic carbocycles. The molecule has 4 rings (SSSR count). The lowest BCUT2D eigenvalue weighted by Crippen LogP contribution is -2.18. The van der Waals surface area contributed by atoms with E-state index in [1.807, 2.05) is 30.3 Å². The summed E-state index contributed by atoms with van der Waals surface area (Å²) in [6, 6.07) is 19.9. The van der Waals surface area contributed by atoms with Crippen LogP contribution in [0.15, 0.2) is 71.4 Å². The molecule has 0 N–H and O–H groups in total. The Balaban J connectivity index is 1.47. The molecule has 0 spiro atoms. The third-order valence-electron chi connectivity index (χ3n) is 5.12. The van der Waals surface area contributed by atoms with Gasteiger partial charge < -0.3 is 14.0 Å². The maximum atomic E-state index is 5.93. The largest absolute Gasteiger partial charge is 0.497 e. The van der Waals surface area contributed by atoms with Crippen LogP contribution in [0.4, 0.5) is 0 Å². The van der Waals surface area contributed by atoms with Gasteiger partial charge in [-0.2, -0.15) is 4.98 Å². The number of benzene rings is 2. The third-order valence-corrected chi connectivity index (χ3v) is 5.12. The van der Waals surface area contributed by atoms with Gasteiger partial charge in [-0.15, -0.1) is 0 Å². The van der Waals surface area contributed by atoms with Gasteiger partial charge in [0.25, 0.3) is 0 Å². The second-order valence-electron chi connectivity index (χ2n) is 7.50. The van der Waals surface area contributed by atoms with Gasteiger partial charge in [0.15, 0.2) is 0 Å². The van der Waals surface area contributed by atoms with Crippen LogP contribution in [0.2, 0.25) is 0 Å². The van der Waals surface area contributed by atoms with Gasteiger partial charge in [0.2, 0.25) is 11.7 Å². The molecule has 4 aromatic rings. The summed E-state index contributed by atoms with van der Waals surface area (Å²) in [6.07, 6.45) is 1.65. The van der Waals surface area contributed by atoms with Crippen molar-refractivity contribution in [2.45, 2.75) is 26.2 Å². The monoisotopic (exact) mass is 401 g/mol. The Kier molecular flexibility index (Phi) is 5.23. The van der Waals surface area contributed by atoms with Crippen LogP contribution in [-0.2, 0) is 5.41 Å². The molecule has 0 fully saturated rings. The number of hydrogen-bond donors (Lipinski definition) is 0. The number of aromatic nitrogens is 3. The standard InChI is InChI=1S/C24H23N3O3/c1-16-26-23(27-30-16)22-14-13-21(15-25-22)29-20-11-7-18(8-12-20)24(2,3)17-5-9-19(28-4)10-6-17/h5-15H,1-4H3. The van der Waals surface area contributed by atoms with Crippen molar-refractivity contribution in [1.29, 1.82) is 0 Å². The first kappa shape index (κ1) is 19.6. The second kappa shape index (κ2) is 7.99. The quantitative estimate of drug-likeness (QED) is 0.421. The highest BCUT2D eigenvalue weighted by Gasteiger charge is 2.23. The molecule has 0 aliphatic heterocycles. The number of hydrogen-bond acceptors (Lipinski definition) is 6. The molecule has 0 unspecified atom stereocenters. The minimum Gasteiger partial charge on any atom is -0.497 e. The van der Waals surface area contributed by atoms with E-state index in [-0.39, 0.29) is 5.41 Å². The van der Waals surface area contributed by atoms with Crippen molar-refractivity contribution in [3.63, 3.8) is 0 Å². The van der Waals surface area contributed by atoms with E-state index in [2.05, 4.69) is 53.2 Å². The zero-order chi connectivity index (χ0) is 21.1. The smallest absolute Gasteiger partial charge is 0.223 e. The van der Waals surface area contributed by atoms with Crippen LogP contribution < -0.4 is 9.47 Å². The summed E-state index contributed by atoms with van der Waals surface area (Å²) < 4.78 is 16.2. The molecule has 30 heavy (non-hydrogen) atoms. The van der Waals surface area contributed by atoms with Gasteiger partial charge in [0.05, 0.1) is 13.3 Å². The summed E-state index contributed by atoms with van der Waals surface area (Å²) >= 11 is 0. The molecule has 0 aliphatic rings. The first-order valence-electron chi connectivity index (χ1n) is 9.65. The van der Waals surface area contributed by atoms with Crippen LogP contribution in [0.5, 0.6) is 17.2 Å². The summed E-state index contributed by atoms with van der Waals surface area (Å²) in [7, 11) is 1.67. The lowest BCUT2D eigenvalue weighted by Gasteiger charge is -2.26. The topological polar surface area (TPSA) is 70.3 Å². The average Bonchev–Trinajstić information content (AvgIpc) is 3.21. The van der Waals surface area contributed by atoms with Crippen LogP contribution >= 0.6 is 0 Å². The van der Waals surface area contributed by atoms with E-state index in [9.17, 15) is 0 Å². The summed E-state index contributed by atoms with van der Waals surface area (Å²) in [5.74, 6) is 3.21. The summed E-state index contributed by atoms with van der Waals surface area (Å²) in [5.41, 5.74) is 2.90. The zero-order valence-corrected chi connectivity index (χ0v) is 17.4. The number of pyridine rings is 1. The van der Waals surface area contributed by atoms with Crippen molar-refractivity contribution < 1.29 is 14.0 Å². The molecular formula is C24H23N3O3. The highest BCUT2D eigenvalue weighted by Crippen LogP contribution is 2.34. The van der Waals surface area contributed by atoms with E-state index < -0.39 is 0 Å². The number of rotatable bonds is 6. The lowest BCUT2D eigenvalue weighted by molar-refractivity contribution is 0.394. The maximum Gasteiger partial charge on any atom is 0.223 e. The molecule has 152 valence electrons. The Bertz CT molecular complexity index is 1120. The van der Waals surface area contributed by atoms with Gasteiger partial charge in [-0.25, -0.2) is 4.98 Å². The molecule has 2 aromatic carbocycles. The SMILES string of the molecule is COc1ccc(C(C)(C)c2ccc(Oc3ccc(-c4noc(C)n4)nc3)cc2)cc1. The van der Waals surface area contributed by atoms with Gasteiger partial charge in [0, 0.05) is 12.3 Å². The molecule has 2 heterocycles. The zero-order valence-electron chi connectivity index (χ0n) is 17.4. The third kappa shape index (κ3) is 4.03. The van der Waals surface area contributed by atoms with Crippen molar-refractivity contribution in [1.82, 2.24) is 15.1 Å². The van der Waals surface area contributed by atoms with Crippen molar-refractivity contribution in [3.05, 3.63) is 83.9 Å². The number of ether oxygens (including phenoxy) is 2. The average molecular weight is 401 g/mol. The highest BCUT2D eigenvalue weighted by molar-refractivity contribution is 5.49. The van der Waals surface area contributed by atoms with Crippen LogP contribution in [0, 0.1) is 6.92 Å². The van der Waals surface area contributed by atoms with E-state index in [1.54, 1.807) is 26.3 Å². The minimum atomic E-state index is -0.142. The number of aryl methyl sites for hydroxylation is 1. The number of methoxy groups -OCH3 is 1. The summed E-state index contributed by atoms with van der Waals surface area (Å²) in [6.45, 7) is 6.15. The molecule has 0 bridgehead atoms. The predicted octanol–water partition coefficient (Wildman–Crippen LogP) is 5.57. The van der Waals surface area contributed by atoms with E-state index >= 15 is 0 Å². The summed E-state index contributed by atoms with van der Waals surface area (Å²) in [4.78, 5) is 8.52. The fraction of sp³-hybridized carbons (Fsp3) is 0.208. The molecule has 0 amide bonds. The van der Waals surface area contributed by atoms with E-state index in [0.717, 1.165) is 11.5 Å². The Hall–Kier alpha value is -3.67. The van der Waals surface area contributed by atoms with Gasteiger partial charge in [0.1, 0.15) is 22.9 Å². The lowest BCUT2D eigenvalue weighted by atomic mass is 9.78. The van der Waals surface area contributed by atoms with Crippen molar-refractivity contribution in [2.75, 3.05) is 7.11 Å². The van der Waals surface area contributed by atoms with Crippen LogP contribution in [0.25, 0.3) is 11.5 Å². The molecule has 6 heteroatoms. The molecule has 0 radical (unpaired) electrons. The molecule has 0 atom stereocenters. The Morgan fingerprint density at radius 2 is 1.40 bits per heavy atom. The first-order valence-corrected chi connectivity index (χ1v) is 9.65. The first-order chi connectivity index (χ1) is 14.5. The van der Waals surface area contributed by atoms with Gasteiger partial charge in [-0.05, 0) is 47.5 Å². The van der Waals surface area contributed by atoms with Crippen LogP contribution in [-0.4, -0.2) is 22.2 Å². The van der Waals surface area contributed by atoms with Crippen molar-refractivity contribution in [2.24, 2.45) is 0 Å².